The van der Waals surface area contributed by atoms with Gasteiger partial charge >= 0.3 is 5.97 Å². The Morgan fingerprint density at radius 2 is 1.97 bits per heavy atom. The Bertz CT molecular complexity index is 1090. The van der Waals surface area contributed by atoms with E-state index in [9.17, 15) is 14.4 Å². The van der Waals surface area contributed by atoms with E-state index in [1.807, 2.05) is 0 Å². The van der Waals surface area contributed by atoms with E-state index in [1.54, 1.807) is 42.5 Å². The van der Waals surface area contributed by atoms with Crippen LogP contribution in [0.3, 0.4) is 0 Å². The first-order chi connectivity index (χ1) is 14.7. The first-order valence-electron chi connectivity index (χ1n) is 8.92. The van der Waals surface area contributed by atoms with Crippen molar-refractivity contribution in [1.82, 2.24) is 4.90 Å². The van der Waals surface area contributed by atoms with Crippen LogP contribution in [0, 0.1) is 0 Å². The first-order valence-corrected chi connectivity index (χ1v) is 11.3. The highest BCUT2D eigenvalue weighted by molar-refractivity contribution is 9.10. The van der Waals surface area contributed by atoms with Crippen LogP contribution in [-0.4, -0.2) is 35.2 Å². The van der Waals surface area contributed by atoms with E-state index in [2.05, 4.69) is 20.7 Å². The van der Waals surface area contributed by atoms with Crippen molar-refractivity contribution in [2.75, 3.05) is 7.11 Å². The molecule has 0 spiro atoms. The number of amides is 2. The lowest BCUT2D eigenvalue weighted by molar-refractivity contribution is -0.148. The summed E-state index contributed by atoms with van der Waals surface area (Å²) in [5.74, 6) is -0.620. The van der Waals surface area contributed by atoms with Crippen molar-refractivity contribution in [3.8, 4) is 5.75 Å². The van der Waals surface area contributed by atoms with Gasteiger partial charge in [0.15, 0.2) is 0 Å². The van der Waals surface area contributed by atoms with Crippen molar-refractivity contribution in [2.24, 2.45) is 0 Å². The second-order valence-electron chi connectivity index (χ2n) is 6.47. The molecule has 0 saturated carbocycles. The molecule has 162 valence electrons. The largest absolute Gasteiger partial charge is 0.488 e. The molecule has 1 fully saturated rings. The summed E-state index contributed by atoms with van der Waals surface area (Å²) in [7, 11) is 1.20. The molecule has 1 aliphatic rings. The molecule has 10 heteroatoms. The van der Waals surface area contributed by atoms with Crippen LogP contribution in [0.2, 0.25) is 10.0 Å². The van der Waals surface area contributed by atoms with Crippen LogP contribution in [0.15, 0.2) is 45.8 Å². The number of benzene rings is 2. The van der Waals surface area contributed by atoms with Crippen LogP contribution in [0.4, 0.5) is 4.79 Å². The van der Waals surface area contributed by atoms with Gasteiger partial charge in [0, 0.05) is 15.6 Å². The summed E-state index contributed by atoms with van der Waals surface area (Å²) >= 11 is 16.3. The Balaban J connectivity index is 1.74. The molecule has 2 aromatic rings. The topological polar surface area (TPSA) is 72.9 Å². The molecule has 0 aromatic heterocycles. The molecule has 1 saturated heterocycles. The van der Waals surface area contributed by atoms with Gasteiger partial charge in [-0.2, -0.15) is 0 Å². The fourth-order valence-electron chi connectivity index (χ4n) is 2.76. The highest BCUT2D eigenvalue weighted by Gasteiger charge is 2.41. The van der Waals surface area contributed by atoms with Gasteiger partial charge in [-0.15, -0.1) is 0 Å². The molecule has 2 aromatic carbocycles. The Kier molecular flexibility index (Phi) is 7.69. The van der Waals surface area contributed by atoms with Crippen LogP contribution in [0.1, 0.15) is 18.1 Å². The predicted octanol–water partition coefficient (Wildman–Crippen LogP) is 5.93. The van der Waals surface area contributed by atoms with Crippen molar-refractivity contribution >= 4 is 74.1 Å². The number of ether oxygens (including phenoxy) is 2. The van der Waals surface area contributed by atoms with E-state index in [1.165, 1.54) is 14.0 Å². The molecule has 0 bridgehead atoms. The summed E-state index contributed by atoms with van der Waals surface area (Å²) in [5.41, 5.74) is 1.47. The Labute approximate surface area is 201 Å². The third-order valence-corrected chi connectivity index (χ3v) is 6.50. The molecule has 3 rings (SSSR count). The van der Waals surface area contributed by atoms with Gasteiger partial charge in [-0.25, -0.2) is 4.79 Å². The number of halogens is 3. The van der Waals surface area contributed by atoms with Gasteiger partial charge in [0.25, 0.3) is 11.1 Å². The molecule has 1 aliphatic heterocycles. The van der Waals surface area contributed by atoms with E-state index in [-0.39, 0.29) is 11.5 Å². The van der Waals surface area contributed by atoms with Crippen molar-refractivity contribution in [2.45, 2.75) is 19.6 Å². The van der Waals surface area contributed by atoms with E-state index in [4.69, 9.17) is 27.9 Å². The molecule has 2 amide bonds. The minimum absolute atomic E-state index is 0.217. The number of methoxy groups -OCH3 is 1. The molecule has 1 atom stereocenters. The summed E-state index contributed by atoms with van der Waals surface area (Å²) in [4.78, 5) is 37.6. The number of carbonyl (C=O) groups excluding carboxylic acids is 3. The van der Waals surface area contributed by atoms with Crippen LogP contribution < -0.4 is 4.74 Å². The number of hydrogen-bond donors (Lipinski definition) is 0. The number of nitrogens with zero attached hydrogens (tertiary/aromatic N) is 1. The molecule has 31 heavy (non-hydrogen) atoms. The molecule has 0 radical (unpaired) electrons. The first kappa shape index (κ1) is 23.7. The minimum atomic E-state index is -0.995. The van der Waals surface area contributed by atoms with E-state index in [0.29, 0.717) is 25.8 Å². The highest BCUT2D eigenvalue weighted by atomic mass is 79.9. The maximum absolute atomic E-state index is 12.6. The standard InChI is InChI=1S/C21H16BrCl2NO5S/c1-11(20(27)29-2)25-19(26)18(31-21(25)28)8-12-3-6-17(15(22)7-12)30-10-13-4-5-14(23)9-16(13)24/h3-9,11H,10H2,1-2H3/b18-8+/t11-/m1/s1. The molecule has 0 unspecified atom stereocenters. The van der Waals surface area contributed by atoms with Crippen molar-refractivity contribution < 1.29 is 23.9 Å². The lowest BCUT2D eigenvalue weighted by Gasteiger charge is -2.18. The van der Waals surface area contributed by atoms with Crippen molar-refractivity contribution in [3.05, 3.63) is 66.9 Å². The number of imide groups is 1. The number of esters is 1. The zero-order chi connectivity index (χ0) is 22.7. The normalized spacial score (nSPS) is 16.0. The summed E-state index contributed by atoms with van der Waals surface area (Å²) in [6.07, 6.45) is 1.58. The Morgan fingerprint density at radius 3 is 2.61 bits per heavy atom. The molecule has 0 aliphatic carbocycles. The van der Waals surface area contributed by atoms with Gasteiger partial charge < -0.3 is 9.47 Å². The quantitative estimate of drug-likeness (QED) is 0.331. The monoisotopic (exact) mass is 543 g/mol. The summed E-state index contributed by atoms with van der Waals surface area (Å²) < 4.78 is 11.1. The second kappa shape index (κ2) is 10.1. The summed E-state index contributed by atoms with van der Waals surface area (Å²) in [6, 6.07) is 9.43. The summed E-state index contributed by atoms with van der Waals surface area (Å²) in [6.45, 7) is 1.69. The third kappa shape index (κ3) is 5.44. The fraction of sp³-hybridized carbons (Fsp3) is 0.190. The lowest BCUT2D eigenvalue weighted by atomic mass is 10.2. The van der Waals surface area contributed by atoms with E-state index in [0.717, 1.165) is 22.2 Å². The maximum atomic E-state index is 12.6. The highest BCUT2D eigenvalue weighted by Crippen LogP contribution is 2.35. The van der Waals surface area contributed by atoms with Crippen LogP contribution in [-0.2, 0) is 20.9 Å². The van der Waals surface area contributed by atoms with Crippen molar-refractivity contribution in [1.29, 1.82) is 0 Å². The molecular weight excluding hydrogens is 529 g/mol. The van der Waals surface area contributed by atoms with Gasteiger partial charge in [-0.1, -0.05) is 35.3 Å². The zero-order valence-electron chi connectivity index (χ0n) is 16.4. The Morgan fingerprint density at radius 1 is 1.23 bits per heavy atom. The number of hydrogen-bond acceptors (Lipinski definition) is 6. The third-order valence-electron chi connectivity index (χ3n) is 4.41. The zero-order valence-corrected chi connectivity index (χ0v) is 20.3. The SMILES string of the molecule is COC(=O)[C@@H](C)N1C(=O)S/C(=C/c2ccc(OCc3ccc(Cl)cc3Cl)c(Br)c2)C1=O. The molecule has 6 nitrogen and oxygen atoms in total. The molecular formula is C21H16BrCl2NO5S. The Hall–Kier alpha value is -2.00. The van der Waals surface area contributed by atoms with Crippen LogP contribution in [0.5, 0.6) is 5.75 Å². The van der Waals surface area contributed by atoms with Crippen molar-refractivity contribution in [3.63, 3.8) is 0 Å². The van der Waals surface area contributed by atoms with Gasteiger partial charge in [-0.05, 0) is 70.5 Å². The van der Waals surface area contributed by atoms with E-state index < -0.39 is 23.2 Å². The second-order valence-corrected chi connectivity index (χ2v) is 9.16. The summed E-state index contributed by atoms with van der Waals surface area (Å²) in [5, 5.41) is 0.537. The van der Waals surface area contributed by atoms with Crippen LogP contribution in [0.25, 0.3) is 6.08 Å². The fourth-order valence-corrected chi connectivity index (χ4v) is 4.64. The predicted molar refractivity (Wildman–Crippen MR) is 124 cm³/mol. The molecule has 1 heterocycles. The number of carbonyl (C=O) groups is 3. The van der Waals surface area contributed by atoms with Crippen LogP contribution >= 0.6 is 50.9 Å². The maximum Gasteiger partial charge on any atom is 0.328 e. The van der Waals surface area contributed by atoms with Gasteiger partial charge in [0.2, 0.25) is 0 Å². The average molecular weight is 545 g/mol. The molecule has 0 N–H and O–H groups in total. The van der Waals surface area contributed by atoms with Gasteiger partial charge in [0.05, 0.1) is 16.5 Å². The van der Waals surface area contributed by atoms with E-state index >= 15 is 0 Å². The smallest absolute Gasteiger partial charge is 0.328 e. The number of rotatable bonds is 6. The average Bonchev–Trinajstić information content (AvgIpc) is 3.00. The number of thioether (sulfide) groups is 1. The van der Waals surface area contributed by atoms with Gasteiger partial charge in [-0.3, -0.25) is 14.5 Å². The minimum Gasteiger partial charge on any atom is -0.488 e. The lowest BCUT2D eigenvalue weighted by Crippen LogP contribution is -2.42. The van der Waals surface area contributed by atoms with Gasteiger partial charge in [0.1, 0.15) is 18.4 Å².